The molecule has 0 atom stereocenters. The zero-order valence-electron chi connectivity index (χ0n) is 13.3. The quantitative estimate of drug-likeness (QED) is 0.803. The maximum absolute atomic E-state index is 12.6. The zero-order chi connectivity index (χ0) is 17.0. The summed E-state index contributed by atoms with van der Waals surface area (Å²) < 4.78 is 26.2. The molecule has 0 aliphatic heterocycles. The highest BCUT2D eigenvalue weighted by Crippen LogP contribution is 2.21. The van der Waals surface area contributed by atoms with Gasteiger partial charge in [-0.3, -0.25) is 4.79 Å². The lowest BCUT2D eigenvalue weighted by Gasteiger charge is -2.28. The van der Waals surface area contributed by atoms with Gasteiger partial charge in [0.2, 0.25) is 5.91 Å². The number of hydrogen-bond donors (Lipinski definition) is 0. The van der Waals surface area contributed by atoms with Crippen molar-refractivity contribution in [3.8, 4) is 0 Å². The van der Waals surface area contributed by atoms with Gasteiger partial charge in [0, 0.05) is 18.8 Å². The molecule has 0 unspecified atom stereocenters. The summed E-state index contributed by atoms with van der Waals surface area (Å²) in [6, 6.07) is 12.4. The molecule has 0 saturated carbocycles. The number of rotatable bonds is 6. The van der Waals surface area contributed by atoms with Crippen molar-refractivity contribution in [3.05, 3.63) is 47.8 Å². The first-order valence-electron chi connectivity index (χ1n) is 7.21. The van der Waals surface area contributed by atoms with Gasteiger partial charge in [0.15, 0.2) is 0 Å². The van der Waals surface area contributed by atoms with Crippen LogP contribution >= 0.6 is 11.3 Å². The Labute approximate surface area is 141 Å². The number of anilines is 1. The molecule has 124 valence electrons. The number of carbonyl (C=O) groups is 1. The molecule has 5 nitrogen and oxygen atoms in total. The first kappa shape index (κ1) is 17.7. The van der Waals surface area contributed by atoms with E-state index < -0.39 is 10.0 Å². The molecule has 1 aromatic heterocycles. The summed E-state index contributed by atoms with van der Waals surface area (Å²) >= 11 is 1.14. The number of sulfonamides is 1. The summed E-state index contributed by atoms with van der Waals surface area (Å²) in [7, 11) is -2.20. The number of amides is 1. The lowest BCUT2D eigenvalue weighted by molar-refractivity contribution is -0.119. The van der Waals surface area contributed by atoms with Crippen LogP contribution in [0.1, 0.15) is 13.8 Å². The molecule has 0 aliphatic carbocycles. The molecule has 0 spiro atoms. The van der Waals surface area contributed by atoms with Gasteiger partial charge in [0.25, 0.3) is 10.0 Å². The fourth-order valence-electron chi connectivity index (χ4n) is 2.23. The van der Waals surface area contributed by atoms with Gasteiger partial charge < -0.3 is 4.90 Å². The number of hydrogen-bond acceptors (Lipinski definition) is 4. The Kier molecular flexibility index (Phi) is 5.56. The van der Waals surface area contributed by atoms with Crippen LogP contribution in [0, 0.1) is 0 Å². The Morgan fingerprint density at radius 2 is 1.78 bits per heavy atom. The minimum absolute atomic E-state index is 0.0669. The summed E-state index contributed by atoms with van der Waals surface area (Å²) in [5, 5.41) is 1.70. The fourth-order valence-corrected chi connectivity index (χ4v) is 4.56. The van der Waals surface area contributed by atoms with Gasteiger partial charge in [0.05, 0.1) is 6.54 Å². The van der Waals surface area contributed by atoms with E-state index in [1.807, 2.05) is 44.2 Å². The Bertz CT molecular complexity index is 741. The maximum Gasteiger partial charge on any atom is 0.252 e. The van der Waals surface area contributed by atoms with E-state index in [9.17, 15) is 13.2 Å². The number of benzene rings is 1. The van der Waals surface area contributed by atoms with Gasteiger partial charge >= 0.3 is 0 Å². The maximum atomic E-state index is 12.6. The minimum atomic E-state index is -3.63. The summed E-state index contributed by atoms with van der Waals surface area (Å²) in [4.78, 5) is 14.2. The standard InChI is InChI=1S/C16H20N2O3S2/c1-13(2)18(14-8-5-4-6-9-14)15(19)12-17(3)23(20,21)16-10-7-11-22-16/h4-11,13H,12H2,1-3H3. The van der Waals surface area contributed by atoms with Crippen molar-refractivity contribution in [2.75, 3.05) is 18.5 Å². The van der Waals surface area contributed by atoms with Crippen molar-refractivity contribution in [1.82, 2.24) is 4.31 Å². The molecular formula is C16H20N2O3S2. The highest BCUT2D eigenvalue weighted by Gasteiger charge is 2.27. The van der Waals surface area contributed by atoms with Crippen LogP contribution in [0.4, 0.5) is 5.69 Å². The van der Waals surface area contributed by atoms with E-state index in [1.165, 1.54) is 7.05 Å². The Morgan fingerprint density at radius 3 is 2.30 bits per heavy atom. The van der Waals surface area contributed by atoms with Gasteiger partial charge in [-0.05, 0) is 37.4 Å². The average molecular weight is 352 g/mol. The van der Waals surface area contributed by atoms with Crippen LogP contribution < -0.4 is 4.90 Å². The fraction of sp³-hybridized carbons (Fsp3) is 0.312. The number of para-hydroxylation sites is 1. The topological polar surface area (TPSA) is 57.7 Å². The lowest BCUT2D eigenvalue weighted by atomic mass is 10.2. The smallest absolute Gasteiger partial charge is 0.252 e. The molecule has 7 heteroatoms. The van der Waals surface area contributed by atoms with E-state index in [1.54, 1.807) is 22.4 Å². The van der Waals surface area contributed by atoms with Gasteiger partial charge in [-0.2, -0.15) is 4.31 Å². The van der Waals surface area contributed by atoms with E-state index in [0.29, 0.717) is 0 Å². The summed E-state index contributed by atoms with van der Waals surface area (Å²) in [5.41, 5.74) is 0.759. The molecular weight excluding hydrogens is 332 g/mol. The molecule has 0 aliphatic rings. The molecule has 2 aromatic rings. The Hall–Kier alpha value is -1.70. The van der Waals surface area contributed by atoms with Crippen molar-refractivity contribution in [2.24, 2.45) is 0 Å². The molecule has 0 N–H and O–H groups in total. The van der Waals surface area contributed by atoms with E-state index in [0.717, 1.165) is 21.3 Å². The third-order valence-electron chi connectivity index (χ3n) is 3.34. The van der Waals surface area contributed by atoms with Crippen molar-refractivity contribution in [2.45, 2.75) is 24.1 Å². The van der Waals surface area contributed by atoms with Crippen molar-refractivity contribution < 1.29 is 13.2 Å². The van der Waals surface area contributed by atoms with E-state index in [-0.39, 0.29) is 22.7 Å². The number of thiophene rings is 1. The molecule has 1 amide bonds. The second-order valence-electron chi connectivity index (χ2n) is 5.39. The average Bonchev–Trinajstić information content (AvgIpc) is 3.02. The number of likely N-dealkylation sites (N-methyl/N-ethyl adjacent to an activating group) is 1. The lowest BCUT2D eigenvalue weighted by Crippen LogP contribution is -2.44. The van der Waals surface area contributed by atoms with E-state index in [4.69, 9.17) is 0 Å². The number of carbonyl (C=O) groups excluding carboxylic acids is 1. The first-order valence-corrected chi connectivity index (χ1v) is 9.53. The van der Waals surface area contributed by atoms with E-state index in [2.05, 4.69) is 0 Å². The van der Waals surface area contributed by atoms with Gasteiger partial charge in [-0.25, -0.2) is 8.42 Å². The van der Waals surface area contributed by atoms with Gasteiger partial charge in [-0.1, -0.05) is 24.3 Å². The Balaban J connectivity index is 2.19. The monoisotopic (exact) mass is 352 g/mol. The predicted molar refractivity (Wildman–Crippen MR) is 93.2 cm³/mol. The summed E-state index contributed by atoms with van der Waals surface area (Å²) in [5.74, 6) is -0.256. The largest absolute Gasteiger partial charge is 0.309 e. The van der Waals surface area contributed by atoms with E-state index >= 15 is 0 Å². The van der Waals surface area contributed by atoms with Crippen LogP contribution in [-0.4, -0.2) is 38.3 Å². The summed E-state index contributed by atoms with van der Waals surface area (Å²) in [6.07, 6.45) is 0. The Morgan fingerprint density at radius 1 is 1.13 bits per heavy atom. The molecule has 1 heterocycles. The van der Waals surface area contributed by atoms with Crippen LogP contribution in [0.25, 0.3) is 0 Å². The highest BCUT2D eigenvalue weighted by atomic mass is 32.2. The van der Waals surface area contributed by atoms with Gasteiger partial charge in [0.1, 0.15) is 4.21 Å². The SMILES string of the molecule is CC(C)N(C(=O)CN(C)S(=O)(=O)c1cccs1)c1ccccc1. The van der Waals surface area contributed by atoms with Crippen molar-refractivity contribution in [1.29, 1.82) is 0 Å². The minimum Gasteiger partial charge on any atom is -0.309 e. The number of nitrogens with zero attached hydrogens (tertiary/aromatic N) is 2. The van der Waals surface area contributed by atoms with Crippen LogP contribution in [0.3, 0.4) is 0 Å². The normalized spacial score (nSPS) is 11.9. The molecule has 0 radical (unpaired) electrons. The molecule has 23 heavy (non-hydrogen) atoms. The molecule has 1 aromatic carbocycles. The molecule has 2 rings (SSSR count). The molecule has 0 saturated heterocycles. The second-order valence-corrected chi connectivity index (χ2v) is 8.61. The van der Waals surface area contributed by atoms with Crippen molar-refractivity contribution >= 4 is 33.0 Å². The second kappa shape index (κ2) is 7.25. The molecule has 0 bridgehead atoms. The van der Waals surface area contributed by atoms with Crippen LogP contribution in [0.2, 0.25) is 0 Å². The van der Waals surface area contributed by atoms with Crippen LogP contribution in [-0.2, 0) is 14.8 Å². The zero-order valence-corrected chi connectivity index (χ0v) is 15.0. The predicted octanol–water partition coefficient (Wildman–Crippen LogP) is 2.81. The van der Waals surface area contributed by atoms with Crippen LogP contribution in [0.15, 0.2) is 52.1 Å². The highest BCUT2D eigenvalue weighted by molar-refractivity contribution is 7.91. The molecule has 0 fully saturated rings. The van der Waals surface area contributed by atoms with Crippen molar-refractivity contribution in [3.63, 3.8) is 0 Å². The first-order chi connectivity index (χ1) is 10.8. The van der Waals surface area contributed by atoms with Gasteiger partial charge in [-0.15, -0.1) is 11.3 Å². The summed E-state index contributed by atoms with van der Waals surface area (Å²) in [6.45, 7) is 3.60. The third-order valence-corrected chi connectivity index (χ3v) is 6.51. The third kappa shape index (κ3) is 3.99. The van der Waals surface area contributed by atoms with Crippen LogP contribution in [0.5, 0.6) is 0 Å².